The predicted octanol–water partition coefficient (Wildman–Crippen LogP) is 3.92. The first-order valence-corrected chi connectivity index (χ1v) is 13.0. The third-order valence-electron chi connectivity index (χ3n) is 6.42. The van der Waals surface area contributed by atoms with Crippen molar-refractivity contribution in [2.75, 3.05) is 31.5 Å². The first-order chi connectivity index (χ1) is 15.8. The van der Waals surface area contributed by atoms with Crippen molar-refractivity contribution in [2.45, 2.75) is 37.5 Å². The van der Waals surface area contributed by atoms with Gasteiger partial charge >= 0.3 is 0 Å². The van der Waals surface area contributed by atoms with Gasteiger partial charge in [-0.3, -0.25) is 9.59 Å². The van der Waals surface area contributed by atoms with E-state index < -0.39 is 15.9 Å². The first-order valence-electron chi connectivity index (χ1n) is 11.2. The van der Waals surface area contributed by atoms with Crippen molar-refractivity contribution >= 4 is 39.1 Å². The zero-order valence-corrected chi connectivity index (χ0v) is 20.2. The fourth-order valence-electron chi connectivity index (χ4n) is 4.46. The molecule has 2 aliphatic rings. The average Bonchev–Trinajstić information content (AvgIpc) is 3.35. The van der Waals surface area contributed by atoms with Crippen LogP contribution < -0.4 is 5.32 Å². The van der Waals surface area contributed by atoms with E-state index in [9.17, 15) is 18.0 Å². The molecule has 2 amide bonds. The van der Waals surface area contributed by atoms with Gasteiger partial charge in [0.25, 0.3) is 5.91 Å². The molecule has 0 saturated carbocycles. The van der Waals surface area contributed by atoms with Crippen molar-refractivity contribution in [2.24, 2.45) is 5.92 Å². The highest BCUT2D eigenvalue weighted by Gasteiger charge is 2.33. The zero-order valence-electron chi connectivity index (χ0n) is 18.6. The maximum absolute atomic E-state index is 13.1. The Labute approximate surface area is 199 Å². The lowest BCUT2D eigenvalue weighted by Crippen LogP contribution is -2.43. The van der Waals surface area contributed by atoms with Crippen molar-refractivity contribution in [3.8, 4) is 0 Å². The number of carbonyl (C=O) groups is 2. The average molecular weight is 490 g/mol. The SMILES string of the molecule is Cc1c(NC(=O)C2CCCN(S(=O)(=O)c3ccc(Cl)cc3)C2)cccc1C(=O)N1CCCC1. The highest BCUT2D eigenvalue weighted by molar-refractivity contribution is 7.89. The monoisotopic (exact) mass is 489 g/mol. The van der Waals surface area contributed by atoms with E-state index in [0.29, 0.717) is 35.7 Å². The molecule has 1 N–H and O–H groups in total. The minimum Gasteiger partial charge on any atom is -0.339 e. The third-order valence-corrected chi connectivity index (χ3v) is 8.55. The molecule has 1 unspecified atom stereocenters. The summed E-state index contributed by atoms with van der Waals surface area (Å²) in [6, 6.07) is 11.4. The van der Waals surface area contributed by atoms with Gasteiger partial charge in [0, 0.05) is 42.5 Å². The molecule has 0 radical (unpaired) electrons. The standard InChI is InChI=1S/C24H28ClN3O4S/c1-17-21(24(30)27-13-2-3-14-27)7-4-8-22(17)26-23(29)18-6-5-15-28(16-18)33(31,32)20-11-9-19(25)10-12-20/h4,7-12,18H,2-3,5-6,13-16H2,1H3,(H,26,29). The highest BCUT2D eigenvalue weighted by Crippen LogP contribution is 2.27. The van der Waals surface area contributed by atoms with E-state index in [4.69, 9.17) is 11.6 Å². The summed E-state index contributed by atoms with van der Waals surface area (Å²) < 4.78 is 27.4. The van der Waals surface area contributed by atoms with E-state index in [1.54, 1.807) is 30.3 Å². The predicted molar refractivity (Wildman–Crippen MR) is 128 cm³/mol. The second-order valence-electron chi connectivity index (χ2n) is 8.62. The molecule has 2 saturated heterocycles. The van der Waals surface area contributed by atoms with Crippen LogP contribution in [0.2, 0.25) is 5.02 Å². The van der Waals surface area contributed by atoms with E-state index >= 15 is 0 Å². The quantitative estimate of drug-likeness (QED) is 0.689. The van der Waals surface area contributed by atoms with Gasteiger partial charge in [0.15, 0.2) is 0 Å². The molecule has 33 heavy (non-hydrogen) atoms. The van der Waals surface area contributed by atoms with Gasteiger partial charge in [-0.15, -0.1) is 0 Å². The summed E-state index contributed by atoms with van der Waals surface area (Å²) in [5, 5.41) is 3.40. The molecular formula is C24H28ClN3O4S. The molecule has 2 aromatic carbocycles. The second kappa shape index (κ2) is 9.83. The number of amides is 2. The Bertz CT molecular complexity index is 1140. The number of hydrogen-bond donors (Lipinski definition) is 1. The van der Waals surface area contributed by atoms with Crippen LogP contribution >= 0.6 is 11.6 Å². The van der Waals surface area contributed by atoms with Crippen LogP contribution in [-0.4, -0.2) is 55.6 Å². The Morgan fingerprint density at radius 2 is 1.70 bits per heavy atom. The van der Waals surface area contributed by atoms with Crippen LogP contribution in [0.4, 0.5) is 5.69 Å². The number of likely N-dealkylation sites (tertiary alicyclic amines) is 1. The number of hydrogen-bond acceptors (Lipinski definition) is 4. The van der Waals surface area contributed by atoms with Gasteiger partial charge in [-0.05, 0) is 74.6 Å². The molecular weight excluding hydrogens is 462 g/mol. The maximum atomic E-state index is 13.1. The Kier molecular flexibility index (Phi) is 7.07. The zero-order chi connectivity index (χ0) is 23.6. The molecule has 1 atom stereocenters. The molecule has 2 aliphatic heterocycles. The van der Waals surface area contributed by atoms with E-state index in [0.717, 1.165) is 31.5 Å². The minimum atomic E-state index is -3.71. The van der Waals surface area contributed by atoms with Gasteiger partial charge in [0.2, 0.25) is 15.9 Å². The number of halogens is 1. The molecule has 9 heteroatoms. The van der Waals surface area contributed by atoms with Gasteiger partial charge < -0.3 is 10.2 Å². The number of nitrogens with zero attached hydrogens (tertiary/aromatic N) is 2. The molecule has 0 aliphatic carbocycles. The van der Waals surface area contributed by atoms with E-state index in [2.05, 4.69) is 5.32 Å². The summed E-state index contributed by atoms with van der Waals surface area (Å²) in [5.41, 5.74) is 1.90. The van der Waals surface area contributed by atoms with Gasteiger partial charge in [-0.1, -0.05) is 17.7 Å². The number of carbonyl (C=O) groups excluding carboxylic acids is 2. The number of benzene rings is 2. The van der Waals surface area contributed by atoms with Crippen molar-refractivity contribution in [1.29, 1.82) is 0 Å². The molecule has 0 aromatic heterocycles. The van der Waals surface area contributed by atoms with Crippen LogP contribution in [0.15, 0.2) is 47.4 Å². The summed E-state index contributed by atoms with van der Waals surface area (Å²) in [6.45, 7) is 3.83. The fourth-order valence-corrected chi connectivity index (χ4v) is 6.11. The van der Waals surface area contributed by atoms with Crippen LogP contribution in [0.3, 0.4) is 0 Å². The molecule has 0 spiro atoms. The summed E-state index contributed by atoms with van der Waals surface area (Å²) in [5.74, 6) is -0.725. The normalized spacial score (nSPS) is 19.5. The van der Waals surface area contributed by atoms with Crippen molar-refractivity contribution in [1.82, 2.24) is 9.21 Å². The van der Waals surface area contributed by atoms with Gasteiger partial charge in [0.1, 0.15) is 0 Å². The van der Waals surface area contributed by atoms with Gasteiger partial charge in [-0.2, -0.15) is 4.31 Å². The fraction of sp³-hybridized carbons (Fsp3) is 0.417. The lowest BCUT2D eigenvalue weighted by atomic mass is 9.98. The molecule has 2 aromatic rings. The van der Waals surface area contributed by atoms with E-state index in [-0.39, 0.29) is 23.3 Å². The summed E-state index contributed by atoms with van der Waals surface area (Å²) in [4.78, 5) is 27.9. The Morgan fingerprint density at radius 3 is 2.39 bits per heavy atom. The third kappa shape index (κ3) is 5.08. The molecule has 176 valence electrons. The first kappa shape index (κ1) is 23.7. The van der Waals surface area contributed by atoms with Crippen LogP contribution in [0.25, 0.3) is 0 Å². The van der Waals surface area contributed by atoms with Crippen molar-refractivity contribution < 1.29 is 18.0 Å². The molecule has 2 fully saturated rings. The minimum absolute atomic E-state index is 0.0148. The molecule has 0 bridgehead atoms. The Balaban J connectivity index is 1.47. The van der Waals surface area contributed by atoms with Gasteiger partial charge in [-0.25, -0.2) is 8.42 Å². The van der Waals surface area contributed by atoms with E-state index in [1.165, 1.54) is 16.4 Å². The topological polar surface area (TPSA) is 86.8 Å². The van der Waals surface area contributed by atoms with Crippen molar-refractivity contribution in [3.63, 3.8) is 0 Å². The van der Waals surface area contributed by atoms with Crippen LogP contribution in [0.1, 0.15) is 41.6 Å². The van der Waals surface area contributed by atoms with Crippen LogP contribution in [0, 0.1) is 12.8 Å². The van der Waals surface area contributed by atoms with Crippen LogP contribution in [0.5, 0.6) is 0 Å². The number of nitrogens with one attached hydrogen (secondary N) is 1. The second-order valence-corrected chi connectivity index (χ2v) is 11.0. The van der Waals surface area contributed by atoms with Crippen LogP contribution in [-0.2, 0) is 14.8 Å². The molecule has 4 rings (SSSR count). The Morgan fingerprint density at radius 1 is 1.00 bits per heavy atom. The van der Waals surface area contributed by atoms with Crippen molar-refractivity contribution in [3.05, 3.63) is 58.6 Å². The largest absolute Gasteiger partial charge is 0.339 e. The lowest BCUT2D eigenvalue weighted by molar-refractivity contribution is -0.120. The summed E-state index contributed by atoms with van der Waals surface area (Å²) in [6.07, 6.45) is 3.22. The number of anilines is 1. The molecule has 2 heterocycles. The highest BCUT2D eigenvalue weighted by atomic mass is 35.5. The lowest BCUT2D eigenvalue weighted by Gasteiger charge is -2.31. The molecule has 7 nitrogen and oxygen atoms in total. The Hall–Kier alpha value is -2.42. The maximum Gasteiger partial charge on any atom is 0.254 e. The number of sulfonamides is 1. The summed E-state index contributed by atoms with van der Waals surface area (Å²) in [7, 11) is -3.71. The van der Waals surface area contributed by atoms with Gasteiger partial charge in [0.05, 0.1) is 10.8 Å². The summed E-state index contributed by atoms with van der Waals surface area (Å²) >= 11 is 5.88. The van der Waals surface area contributed by atoms with E-state index in [1.807, 2.05) is 11.8 Å². The number of piperidine rings is 1. The smallest absolute Gasteiger partial charge is 0.254 e. The number of rotatable bonds is 5.